The van der Waals surface area contributed by atoms with Gasteiger partial charge in [-0.25, -0.2) is 4.98 Å². The molecule has 15 heteroatoms. The number of benzene rings is 3. The van der Waals surface area contributed by atoms with E-state index >= 15 is 4.79 Å². The summed E-state index contributed by atoms with van der Waals surface area (Å²) in [6.07, 6.45) is -1.56. The molecule has 0 bridgehead atoms. The van der Waals surface area contributed by atoms with Gasteiger partial charge in [0.2, 0.25) is 11.8 Å². The van der Waals surface area contributed by atoms with Gasteiger partial charge in [0, 0.05) is 22.7 Å². The summed E-state index contributed by atoms with van der Waals surface area (Å²) in [5.41, 5.74) is 2.25. The van der Waals surface area contributed by atoms with E-state index < -0.39 is 69.5 Å². The van der Waals surface area contributed by atoms with E-state index in [0.29, 0.717) is 39.1 Å². The van der Waals surface area contributed by atoms with Crippen LogP contribution in [0.4, 0.5) is 24.7 Å². The highest BCUT2D eigenvalue weighted by Crippen LogP contribution is 2.65. The number of allylic oxidation sites excluding steroid dienone is 2. The highest BCUT2D eigenvalue weighted by molar-refractivity contribution is 6.33. The number of para-hydroxylation sites is 1. The number of aromatic hydroxyl groups is 1. The third-order valence-corrected chi connectivity index (χ3v) is 12.3. The van der Waals surface area contributed by atoms with Gasteiger partial charge in [0.25, 0.3) is 11.8 Å². The van der Waals surface area contributed by atoms with Crippen molar-refractivity contribution in [3.63, 3.8) is 0 Å². The summed E-state index contributed by atoms with van der Waals surface area (Å²) in [5, 5.41) is 12.5. The van der Waals surface area contributed by atoms with Gasteiger partial charge in [0.15, 0.2) is 17.3 Å². The molecule has 57 heavy (non-hydrogen) atoms. The largest absolute Gasteiger partial charge is 0.504 e. The quantitative estimate of drug-likeness (QED) is 0.134. The number of nitrogens with one attached hydrogen (secondary N) is 1. The number of anilines is 2. The first-order valence-electron chi connectivity index (χ1n) is 18.5. The molecular weight excluding hydrogens is 784 g/mol. The Balaban J connectivity index is 1.32. The van der Waals surface area contributed by atoms with Gasteiger partial charge in [-0.1, -0.05) is 78.2 Å². The second-order valence-electron chi connectivity index (χ2n) is 14.6. The summed E-state index contributed by atoms with van der Waals surface area (Å²) < 4.78 is 46.3. The van der Waals surface area contributed by atoms with Gasteiger partial charge >= 0.3 is 6.18 Å². The molecule has 2 saturated heterocycles. The van der Waals surface area contributed by atoms with Crippen molar-refractivity contribution in [2.75, 3.05) is 16.9 Å². The van der Waals surface area contributed by atoms with E-state index in [1.165, 1.54) is 4.90 Å². The Hall–Kier alpha value is -5.40. The number of phenolic OH excluding ortho intramolecular Hbond substituents is 1. The lowest BCUT2D eigenvalue weighted by atomic mass is 9.49. The lowest BCUT2D eigenvalue weighted by Crippen LogP contribution is -2.53. The van der Waals surface area contributed by atoms with Crippen LogP contribution in [-0.4, -0.2) is 45.3 Å². The minimum Gasteiger partial charge on any atom is -0.504 e. The number of alkyl halides is 3. The molecule has 0 spiro atoms. The van der Waals surface area contributed by atoms with Crippen molar-refractivity contribution in [2.24, 2.45) is 23.7 Å². The fraction of sp³-hybridized carbons (Fsp3) is 0.310. The number of fused-ring (bicyclic) bond motifs is 4. The number of rotatable bonds is 8. The minimum atomic E-state index is -4.76. The lowest BCUT2D eigenvalue weighted by Gasteiger charge is -2.50. The molecule has 8 rings (SSSR count). The maximum Gasteiger partial charge on any atom is 0.417 e. The topological polar surface area (TPSA) is 129 Å². The number of amides is 4. The standard InChI is InChI=1S/C42H35Cl2F3N4O6/c1-3-21-8-14-25(15-9-21)50-37(53)27-17-16-26-29(33(27)39(50)55)19-30-38(54)51(49-36-31(44)18-23(20-48-36)42(45,46)47)40(56)41(30,22-10-12-24(43)13-11-22)34(26)28-6-5-7-32(35(28)52)57-4-2/h5-16,18,20,27,29-30,33-34,52H,3-4,17,19H2,1-2H3,(H,48,49)/t27-,29+,30-,33-,34+,41+/m0/s1. The van der Waals surface area contributed by atoms with Crippen LogP contribution in [0.1, 0.15) is 54.9 Å². The molecule has 0 radical (unpaired) electrons. The van der Waals surface area contributed by atoms with E-state index in [1.54, 1.807) is 61.5 Å². The Morgan fingerprint density at radius 1 is 0.947 bits per heavy atom. The molecule has 2 aliphatic heterocycles. The van der Waals surface area contributed by atoms with Crippen LogP contribution in [0.25, 0.3) is 0 Å². The first kappa shape index (κ1) is 38.5. The van der Waals surface area contributed by atoms with Crippen molar-refractivity contribution in [2.45, 2.75) is 50.6 Å². The number of hydrogen-bond acceptors (Lipinski definition) is 8. The second kappa shape index (κ2) is 14.2. The molecule has 3 heterocycles. The molecule has 1 aromatic heterocycles. The van der Waals surface area contributed by atoms with Gasteiger partial charge in [0.1, 0.15) is 0 Å². The molecule has 2 N–H and O–H groups in total. The van der Waals surface area contributed by atoms with Gasteiger partial charge in [-0.3, -0.25) is 29.5 Å². The van der Waals surface area contributed by atoms with Gasteiger partial charge in [-0.15, -0.1) is 0 Å². The zero-order valence-electron chi connectivity index (χ0n) is 30.5. The molecule has 4 aromatic rings. The van der Waals surface area contributed by atoms with Crippen molar-refractivity contribution in [3.05, 3.63) is 123 Å². The molecule has 2 aliphatic carbocycles. The van der Waals surface area contributed by atoms with Crippen molar-refractivity contribution in [1.29, 1.82) is 0 Å². The van der Waals surface area contributed by atoms with E-state index in [4.69, 9.17) is 27.9 Å². The van der Waals surface area contributed by atoms with E-state index in [1.807, 2.05) is 25.1 Å². The van der Waals surface area contributed by atoms with Gasteiger partial charge in [-0.2, -0.15) is 18.2 Å². The number of carbonyl (C=O) groups excluding carboxylic acids is 4. The number of halogens is 5. The van der Waals surface area contributed by atoms with E-state index in [9.17, 15) is 32.7 Å². The molecule has 10 nitrogen and oxygen atoms in total. The average molecular weight is 820 g/mol. The highest BCUT2D eigenvalue weighted by Gasteiger charge is 2.71. The fourth-order valence-corrected chi connectivity index (χ4v) is 9.64. The second-order valence-corrected chi connectivity index (χ2v) is 15.4. The zero-order chi connectivity index (χ0) is 40.6. The van der Waals surface area contributed by atoms with Crippen LogP contribution in [0.3, 0.4) is 0 Å². The maximum atomic E-state index is 15.4. The van der Waals surface area contributed by atoms with E-state index in [-0.39, 0.29) is 48.2 Å². The van der Waals surface area contributed by atoms with Gasteiger partial charge in [0.05, 0.1) is 46.0 Å². The number of carbonyl (C=O) groups is 4. The van der Waals surface area contributed by atoms with Crippen molar-refractivity contribution < 1.29 is 42.2 Å². The summed E-state index contributed by atoms with van der Waals surface area (Å²) in [5.74, 6) is -7.75. The number of nitrogens with zero attached hydrogens (tertiary/aromatic N) is 3. The summed E-state index contributed by atoms with van der Waals surface area (Å²) in [6, 6.07) is 19.0. The van der Waals surface area contributed by atoms with Crippen LogP contribution in [0, 0.1) is 23.7 Å². The lowest BCUT2D eigenvalue weighted by molar-refractivity contribution is -0.139. The smallest absolute Gasteiger partial charge is 0.417 e. The zero-order valence-corrected chi connectivity index (χ0v) is 32.0. The van der Waals surface area contributed by atoms with Crippen LogP contribution < -0.4 is 15.1 Å². The molecule has 1 saturated carbocycles. The van der Waals surface area contributed by atoms with E-state index in [2.05, 4.69) is 10.4 Å². The first-order valence-corrected chi connectivity index (χ1v) is 19.2. The number of hydrogen-bond donors (Lipinski definition) is 2. The SMILES string of the molecule is CCOc1cccc([C@H]2C3=CC[C@@H]4C(=O)N(c5ccc(CC)cc5)C(=O)[C@@H]4[C@@H]3C[C@H]3C(=O)N(Nc4ncc(C(F)(F)F)cc4Cl)C(=O)[C@@]23c2ccc(Cl)cc2)c1O. The molecule has 3 aromatic carbocycles. The van der Waals surface area contributed by atoms with Gasteiger partial charge < -0.3 is 9.84 Å². The van der Waals surface area contributed by atoms with Crippen LogP contribution >= 0.6 is 23.2 Å². The number of aryl methyl sites for hydroxylation is 1. The number of ether oxygens (including phenoxy) is 1. The Kier molecular flexibility index (Phi) is 9.59. The number of imide groups is 2. The van der Waals surface area contributed by atoms with Gasteiger partial charge in [-0.05, 0) is 79.6 Å². The predicted octanol–water partition coefficient (Wildman–Crippen LogP) is 8.26. The highest BCUT2D eigenvalue weighted by atomic mass is 35.5. The Morgan fingerprint density at radius 3 is 2.32 bits per heavy atom. The monoisotopic (exact) mass is 818 g/mol. The van der Waals surface area contributed by atoms with Crippen LogP contribution in [-0.2, 0) is 37.2 Å². The number of phenols is 1. The third-order valence-electron chi connectivity index (χ3n) is 11.8. The van der Waals surface area contributed by atoms with Crippen molar-refractivity contribution in [1.82, 2.24) is 9.99 Å². The molecular formula is C42H35Cl2F3N4O6. The summed E-state index contributed by atoms with van der Waals surface area (Å²) in [4.78, 5) is 64.1. The normalized spacial score (nSPS) is 25.6. The number of pyridine rings is 1. The Labute approximate surface area is 335 Å². The van der Waals surface area contributed by atoms with Crippen molar-refractivity contribution in [3.8, 4) is 11.5 Å². The molecule has 3 fully saturated rings. The molecule has 4 amide bonds. The van der Waals surface area contributed by atoms with Crippen LogP contribution in [0.5, 0.6) is 11.5 Å². The Bertz CT molecular complexity index is 2360. The van der Waals surface area contributed by atoms with Crippen molar-refractivity contribution >= 4 is 58.3 Å². The molecule has 0 unspecified atom stereocenters. The van der Waals surface area contributed by atoms with Crippen LogP contribution in [0.2, 0.25) is 10.0 Å². The van der Waals surface area contributed by atoms with Crippen LogP contribution in [0.15, 0.2) is 90.6 Å². The van der Waals surface area contributed by atoms with E-state index in [0.717, 1.165) is 12.0 Å². The summed E-state index contributed by atoms with van der Waals surface area (Å²) in [7, 11) is 0. The first-order chi connectivity index (χ1) is 27.2. The molecule has 4 aliphatic rings. The number of aromatic nitrogens is 1. The minimum absolute atomic E-state index is 0.0728. The third kappa shape index (κ3) is 5.96. The molecule has 294 valence electrons. The fourth-order valence-electron chi connectivity index (χ4n) is 9.31. The Morgan fingerprint density at radius 2 is 1.67 bits per heavy atom. The summed E-state index contributed by atoms with van der Waals surface area (Å²) in [6.45, 7) is 3.93. The maximum absolute atomic E-state index is 15.4. The predicted molar refractivity (Wildman–Crippen MR) is 204 cm³/mol. The summed E-state index contributed by atoms with van der Waals surface area (Å²) >= 11 is 12.6. The number of hydrazine groups is 1. The average Bonchev–Trinajstić information content (AvgIpc) is 3.57. The molecule has 6 atom stereocenters.